The van der Waals surface area contributed by atoms with Gasteiger partial charge in [-0.3, -0.25) is 0 Å². The van der Waals surface area contributed by atoms with Gasteiger partial charge in [-0.2, -0.15) is 12.7 Å². The number of anilines is 1. The fraction of sp³-hybridized carbons (Fsp3) is 0.429. The van der Waals surface area contributed by atoms with E-state index in [-0.39, 0.29) is 37.7 Å². The fourth-order valence-corrected chi connectivity index (χ4v) is 5.93. The second-order valence-electron chi connectivity index (χ2n) is 13.2. The lowest BCUT2D eigenvalue weighted by Crippen LogP contribution is -2.44. The third kappa shape index (κ3) is 9.85. The van der Waals surface area contributed by atoms with Crippen molar-refractivity contribution in [3.05, 3.63) is 89.0 Å². The van der Waals surface area contributed by atoms with Crippen LogP contribution in [-0.4, -0.2) is 63.2 Å². The first kappa shape index (κ1) is 35.9. The highest BCUT2D eigenvalue weighted by Gasteiger charge is 2.34. The van der Waals surface area contributed by atoms with Crippen LogP contribution in [0.2, 0.25) is 0 Å². The van der Waals surface area contributed by atoms with Crippen LogP contribution in [0.3, 0.4) is 0 Å². The van der Waals surface area contributed by atoms with Crippen LogP contribution < -0.4 is 18.9 Å². The van der Waals surface area contributed by atoms with Crippen LogP contribution in [0.1, 0.15) is 63.0 Å². The topological polar surface area (TPSA) is 156 Å². The molecule has 49 heavy (non-hydrogen) atoms. The van der Waals surface area contributed by atoms with Crippen molar-refractivity contribution in [3.8, 4) is 11.5 Å². The standard InChI is InChI=1S/C35H43N3O10S/c1-34(2,3)48-33(40)38(49(36,41)42)28-8-6-7-25(19-28)22-43-17-18-44-29-12-9-24(10-13-29)15-16-37-21-31(46-32(37)39)26-11-14-30-27(20-26)23-45-35(4,5)47-30/h6-14,19-20,31H,15-18,21-23H2,1-5H3,(H2,36,41,42)/t31-/m0/s1. The molecular weight excluding hydrogens is 654 g/mol. The van der Waals surface area contributed by atoms with Gasteiger partial charge >= 0.3 is 22.4 Å². The highest BCUT2D eigenvalue weighted by Crippen LogP contribution is 2.35. The molecule has 0 radical (unpaired) electrons. The summed E-state index contributed by atoms with van der Waals surface area (Å²) >= 11 is 0. The van der Waals surface area contributed by atoms with Gasteiger partial charge in [-0.15, -0.1) is 0 Å². The number of nitrogens with two attached hydrogens (primary N) is 1. The van der Waals surface area contributed by atoms with Crippen molar-refractivity contribution in [1.82, 2.24) is 4.90 Å². The maximum atomic E-state index is 12.6. The molecule has 2 N–H and O–H groups in total. The van der Waals surface area contributed by atoms with Crippen molar-refractivity contribution >= 4 is 28.1 Å². The number of carbonyl (C=O) groups is 2. The normalized spacial score (nSPS) is 17.1. The number of cyclic esters (lactones) is 1. The molecule has 1 atom stereocenters. The van der Waals surface area contributed by atoms with Crippen LogP contribution in [0.5, 0.6) is 11.5 Å². The molecule has 0 spiro atoms. The molecule has 14 heteroatoms. The lowest BCUT2D eigenvalue weighted by molar-refractivity contribution is -0.180. The predicted molar refractivity (Wildman–Crippen MR) is 180 cm³/mol. The van der Waals surface area contributed by atoms with E-state index < -0.39 is 27.7 Å². The minimum Gasteiger partial charge on any atom is -0.491 e. The monoisotopic (exact) mass is 697 g/mol. The van der Waals surface area contributed by atoms with Gasteiger partial charge in [-0.1, -0.05) is 30.3 Å². The molecule has 264 valence electrons. The van der Waals surface area contributed by atoms with Crippen LogP contribution in [-0.2, 0) is 48.8 Å². The Morgan fingerprint density at radius 3 is 2.51 bits per heavy atom. The zero-order valence-corrected chi connectivity index (χ0v) is 29.2. The number of hydrogen-bond acceptors (Lipinski definition) is 10. The van der Waals surface area contributed by atoms with E-state index in [4.69, 9.17) is 33.6 Å². The number of hydrogen-bond donors (Lipinski definition) is 1. The number of rotatable bonds is 12. The van der Waals surface area contributed by atoms with E-state index >= 15 is 0 Å². The predicted octanol–water partition coefficient (Wildman–Crippen LogP) is 5.61. The van der Waals surface area contributed by atoms with Gasteiger partial charge in [-0.25, -0.2) is 14.7 Å². The summed E-state index contributed by atoms with van der Waals surface area (Å²) in [5, 5.41) is 5.31. The van der Waals surface area contributed by atoms with E-state index in [0.29, 0.717) is 41.7 Å². The molecule has 13 nitrogen and oxygen atoms in total. The molecule has 2 aliphatic heterocycles. The van der Waals surface area contributed by atoms with Gasteiger partial charge in [0, 0.05) is 26.0 Å². The third-order valence-electron chi connectivity index (χ3n) is 7.59. The largest absolute Gasteiger partial charge is 0.491 e. The zero-order valence-electron chi connectivity index (χ0n) is 28.3. The fourth-order valence-electron chi connectivity index (χ4n) is 5.28. The second-order valence-corrected chi connectivity index (χ2v) is 14.6. The molecule has 2 heterocycles. The Kier molecular flexibility index (Phi) is 10.7. The third-order valence-corrected chi connectivity index (χ3v) is 8.46. The molecule has 0 aromatic heterocycles. The Labute approximate surface area is 286 Å². The summed E-state index contributed by atoms with van der Waals surface area (Å²) in [6, 6.07) is 19.7. The first-order chi connectivity index (χ1) is 23.1. The summed E-state index contributed by atoms with van der Waals surface area (Å²) in [6.07, 6.45) is -1.14. The molecular formula is C35H43N3O10S. The summed E-state index contributed by atoms with van der Waals surface area (Å²) < 4.78 is 58.8. The van der Waals surface area contributed by atoms with Crippen molar-refractivity contribution < 1.29 is 46.4 Å². The van der Waals surface area contributed by atoms with Gasteiger partial charge in [0.15, 0.2) is 0 Å². The van der Waals surface area contributed by atoms with E-state index in [9.17, 15) is 18.0 Å². The van der Waals surface area contributed by atoms with E-state index in [1.807, 2.05) is 56.3 Å². The van der Waals surface area contributed by atoms with Gasteiger partial charge < -0.3 is 33.3 Å². The van der Waals surface area contributed by atoms with Gasteiger partial charge in [0.25, 0.3) is 0 Å². The summed E-state index contributed by atoms with van der Waals surface area (Å²) in [6.45, 7) is 10.7. The van der Waals surface area contributed by atoms with Gasteiger partial charge in [0.05, 0.1) is 32.1 Å². The molecule has 2 amide bonds. The van der Waals surface area contributed by atoms with E-state index in [1.165, 1.54) is 12.1 Å². The van der Waals surface area contributed by atoms with Crippen molar-refractivity contribution in [2.45, 2.75) is 71.7 Å². The quantitative estimate of drug-likeness (QED) is 0.236. The molecule has 0 saturated carbocycles. The smallest absolute Gasteiger partial charge is 0.429 e. The van der Waals surface area contributed by atoms with Crippen molar-refractivity contribution in [2.24, 2.45) is 5.14 Å². The van der Waals surface area contributed by atoms with Gasteiger partial charge in [0.1, 0.15) is 29.8 Å². The van der Waals surface area contributed by atoms with Crippen LogP contribution in [0.4, 0.5) is 15.3 Å². The van der Waals surface area contributed by atoms with E-state index in [1.54, 1.807) is 37.8 Å². The van der Waals surface area contributed by atoms with E-state index in [2.05, 4.69) is 0 Å². The van der Waals surface area contributed by atoms with Crippen molar-refractivity contribution in [1.29, 1.82) is 0 Å². The molecule has 0 unspecified atom stereocenters. The molecule has 1 fully saturated rings. The number of benzene rings is 3. The van der Waals surface area contributed by atoms with Crippen LogP contribution in [0, 0.1) is 0 Å². The van der Waals surface area contributed by atoms with Gasteiger partial charge in [0.2, 0.25) is 5.79 Å². The Hall–Kier alpha value is -4.37. The highest BCUT2D eigenvalue weighted by molar-refractivity contribution is 7.91. The van der Waals surface area contributed by atoms with Crippen LogP contribution >= 0.6 is 0 Å². The molecule has 2 aliphatic rings. The van der Waals surface area contributed by atoms with E-state index in [0.717, 1.165) is 22.4 Å². The average molecular weight is 698 g/mol. The number of carbonyl (C=O) groups excluding carboxylic acids is 2. The van der Waals surface area contributed by atoms with Crippen LogP contribution in [0.25, 0.3) is 0 Å². The second kappa shape index (κ2) is 14.6. The van der Waals surface area contributed by atoms with Crippen molar-refractivity contribution in [2.75, 3.05) is 30.6 Å². The molecule has 5 rings (SSSR count). The Morgan fingerprint density at radius 2 is 1.80 bits per heavy atom. The van der Waals surface area contributed by atoms with Crippen LogP contribution in [0.15, 0.2) is 66.7 Å². The Bertz CT molecular complexity index is 1760. The summed E-state index contributed by atoms with van der Waals surface area (Å²) in [4.78, 5) is 26.9. The SMILES string of the molecule is CC(C)(C)OC(=O)N(c1cccc(COCCOc2ccc(CCN3C[C@@H](c4ccc5c(c4)COC(C)(C)O5)OC3=O)cc2)c1)S(N)(=O)=O. The Balaban J connectivity index is 1.04. The summed E-state index contributed by atoms with van der Waals surface area (Å²) in [5.41, 5.74) is 2.64. The number of ether oxygens (including phenoxy) is 6. The molecule has 3 aromatic carbocycles. The Morgan fingerprint density at radius 1 is 1.04 bits per heavy atom. The molecule has 3 aromatic rings. The number of fused-ring (bicyclic) bond motifs is 1. The first-order valence-electron chi connectivity index (χ1n) is 15.9. The molecule has 0 aliphatic carbocycles. The lowest BCUT2D eigenvalue weighted by atomic mass is 10.0. The maximum Gasteiger partial charge on any atom is 0.429 e. The highest BCUT2D eigenvalue weighted by atomic mass is 32.2. The lowest BCUT2D eigenvalue weighted by Gasteiger charge is -2.32. The number of nitrogens with zero attached hydrogens (tertiary/aromatic N) is 2. The molecule has 1 saturated heterocycles. The minimum absolute atomic E-state index is 0.0420. The molecule has 0 bridgehead atoms. The summed E-state index contributed by atoms with van der Waals surface area (Å²) in [5.74, 6) is 0.776. The zero-order chi connectivity index (χ0) is 35.4. The number of amides is 2. The maximum absolute atomic E-state index is 12.6. The summed E-state index contributed by atoms with van der Waals surface area (Å²) in [7, 11) is -4.43. The minimum atomic E-state index is -4.43. The van der Waals surface area contributed by atoms with Crippen molar-refractivity contribution in [3.63, 3.8) is 0 Å². The van der Waals surface area contributed by atoms with Gasteiger partial charge in [-0.05, 0) is 80.3 Å². The average Bonchev–Trinajstić information content (AvgIpc) is 3.38. The first-order valence-corrected chi connectivity index (χ1v) is 17.4.